The number of nitrogens with zero attached hydrogens (tertiary/aromatic N) is 2. The van der Waals surface area contributed by atoms with E-state index in [1.165, 1.54) is 7.11 Å². The molecule has 0 saturated carbocycles. The molecule has 1 aromatic heterocycles. The minimum absolute atomic E-state index is 0.150. The van der Waals surface area contributed by atoms with Crippen molar-refractivity contribution in [2.45, 2.75) is 0 Å². The van der Waals surface area contributed by atoms with Crippen LogP contribution in [0.4, 0.5) is 5.69 Å². The Hall–Kier alpha value is -3.74. The van der Waals surface area contributed by atoms with Crippen LogP contribution in [0.15, 0.2) is 67.8 Å². The van der Waals surface area contributed by atoms with E-state index in [2.05, 4.69) is 16.9 Å². The molecule has 0 fully saturated rings. The van der Waals surface area contributed by atoms with Gasteiger partial charge in [0.15, 0.2) is 18.1 Å². The monoisotopic (exact) mass is 379 g/mol. The van der Waals surface area contributed by atoms with Crippen molar-refractivity contribution in [2.75, 3.05) is 26.1 Å². The van der Waals surface area contributed by atoms with Gasteiger partial charge in [0.25, 0.3) is 5.91 Å². The summed E-state index contributed by atoms with van der Waals surface area (Å²) in [4.78, 5) is 16.3. The quantitative estimate of drug-likeness (QED) is 0.649. The van der Waals surface area contributed by atoms with Crippen LogP contribution in [0.5, 0.6) is 17.2 Å². The third-order valence-electron chi connectivity index (χ3n) is 4.04. The summed E-state index contributed by atoms with van der Waals surface area (Å²) in [6, 6.07) is 12.5. The van der Waals surface area contributed by atoms with Crippen LogP contribution in [0, 0.1) is 0 Å². The van der Waals surface area contributed by atoms with Crippen molar-refractivity contribution in [2.24, 2.45) is 0 Å². The number of hydrogen-bond donors (Lipinski definition) is 1. The van der Waals surface area contributed by atoms with Crippen LogP contribution in [0.3, 0.4) is 0 Å². The first-order valence-corrected chi connectivity index (χ1v) is 8.53. The fourth-order valence-corrected chi connectivity index (χ4v) is 2.64. The van der Waals surface area contributed by atoms with Crippen molar-refractivity contribution in [1.29, 1.82) is 0 Å². The number of anilines is 1. The number of carbonyl (C=O) groups excluding carboxylic acids is 1. The van der Waals surface area contributed by atoms with Gasteiger partial charge >= 0.3 is 0 Å². The second-order valence-electron chi connectivity index (χ2n) is 5.82. The number of benzene rings is 2. The molecule has 0 aliphatic carbocycles. The smallest absolute Gasteiger partial charge is 0.262 e. The number of amides is 1. The van der Waals surface area contributed by atoms with Gasteiger partial charge in [-0.1, -0.05) is 18.7 Å². The van der Waals surface area contributed by atoms with Gasteiger partial charge in [-0.05, 0) is 24.3 Å². The molecule has 144 valence electrons. The number of nitrogens with one attached hydrogen (secondary N) is 1. The highest BCUT2D eigenvalue weighted by atomic mass is 16.5. The molecule has 2 aromatic carbocycles. The van der Waals surface area contributed by atoms with Crippen molar-refractivity contribution in [3.8, 4) is 17.2 Å². The molecule has 0 unspecified atom stereocenters. The van der Waals surface area contributed by atoms with E-state index in [9.17, 15) is 4.79 Å². The van der Waals surface area contributed by atoms with Crippen molar-refractivity contribution < 1.29 is 19.0 Å². The van der Waals surface area contributed by atoms with Crippen LogP contribution in [-0.4, -0.2) is 36.3 Å². The van der Waals surface area contributed by atoms with Crippen LogP contribution in [0.25, 0.3) is 5.70 Å². The van der Waals surface area contributed by atoms with Crippen LogP contribution < -0.4 is 19.5 Å². The number of rotatable bonds is 8. The summed E-state index contributed by atoms with van der Waals surface area (Å²) >= 11 is 0. The van der Waals surface area contributed by atoms with Gasteiger partial charge in [-0.3, -0.25) is 4.79 Å². The minimum atomic E-state index is -0.296. The number of methoxy groups -OCH3 is 2. The highest BCUT2D eigenvalue weighted by Gasteiger charge is 2.11. The third kappa shape index (κ3) is 4.32. The van der Waals surface area contributed by atoms with Crippen molar-refractivity contribution >= 4 is 17.3 Å². The molecule has 0 aliphatic rings. The Kier molecular flexibility index (Phi) is 5.96. The zero-order chi connectivity index (χ0) is 19.9. The Labute approximate surface area is 163 Å². The van der Waals surface area contributed by atoms with Crippen LogP contribution >= 0.6 is 0 Å². The van der Waals surface area contributed by atoms with Crippen molar-refractivity contribution in [3.05, 3.63) is 73.3 Å². The molecule has 0 radical (unpaired) electrons. The Morgan fingerprint density at radius 3 is 2.61 bits per heavy atom. The molecular formula is C21H21N3O4. The SMILES string of the molecule is C=C(c1ccccc1OCC(=O)Nc1ccc(OC)c(OC)c1)n1ccnc1. The van der Waals surface area contributed by atoms with Gasteiger partial charge in [-0.25, -0.2) is 4.98 Å². The third-order valence-corrected chi connectivity index (χ3v) is 4.04. The second-order valence-corrected chi connectivity index (χ2v) is 5.82. The predicted molar refractivity (Wildman–Crippen MR) is 107 cm³/mol. The lowest BCUT2D eigenvalue weighted by atomic mass is 10.1. The number of carbonyl (C=O) groups is 1. The molecule has 0 spiro atoms. The molecule has 1 N–H and O–H groups in total. The first-order valence-electron chi connectivity index (χ1n) is 8.53. The standard InChI is InChI=1S/C21H21N3O4/c1-15(24-11-10-22-14-24)17-6-4-5-7-18(17)28-13-21(25)23-16-8-9-19(26-2)20(12-16)27-3/h4-12,14H,1,13H2,2-3H3,(H,23,25). The van der Waals surface area contributed by atoms with Gasteiger partial charge in [0.05, 0.1) is 26.2 Å². The van der Waals surface area contributed by atoms with Gasteiger partial charge in [-0.2, -0.15) is 0 Å². The summed E-state index contributed by atoms with van der Waals surface area (Å²) in [7, 11) is 3.09. The number of imidazole rings is 1. The van der Waals surface area contributed by atoms with E-state index in [-0.39, 0.29) is 12.5 Å². The Balaban J connectivity index is 1.66. The number of para-hydroxylation sites is 1. The lowest BCUT2D eigenvalue weighted by Crippen LogP contribution is -2.20. The maximum Gasteiger partial charge on any atom is 0.262 e. The molecule has 0 aliphatic heterocycles. The van der Waals surface area contributed by atoms with Crippen molar-refractivity contribution in [1.82, 2.24) is 9.55 Å². The molecule has 1 amide bonds. The first-order chi connectivity index (χ1) is 13.6. The Morgan fingerprint density at radius 2 is 1.89 bits per heavy atom. The second kappa shape index (κ2) is 8.77. The normalized spacial score (nSPS) is 10.2. The average molecular weight is 379 g/mol. The molecule has 7 heteroatoms. The number of ether oxygens (including phenoxy) is 3. The van der Waals surface area contributed by atoms with E-state index in [0.717, 1.165) is 5.56 Å². The highest BCUT2D eigenvalue weighted by molar-refractivity contribution is 5.92. The van der Waals surface area contributed by atoms with E-state index >= 15 is 0 Å². The van der Waals surface area contributed by atoms with E-state index in [1.54, 1.807) is 54.7 Å². The van der Waals surface area contributed by atoms with Gasteiger partial charge in [-0.15, -0.1) is 0 Å². The minimum Gasteiger partial charge on any atom is -0.493 e. The van der Waals surface area contributed by atoms with Gasteiger partial charge in [0, 0.05) is 29.7 Å². The van der Waals surface area contributed by atoms with E-state index in [4.69, 9.17) is 14.2 Å². The fraction of sp³-hybridized carbons (Fsp3) is 0.143. The Bertz CT molecular complexity index is 968. The van der Waals surface area contributed by atoms with E-state index in [0.29, 0.717) is 28.6 Å². The predicted octanol–water partition coefficient (Wildman–Crippen LogP) is 3.44. The molecule has 28 heavy (non-hydrogen) atoms. The molecule has 3 rings (SSSR count). The molecule has 0 bridgehead atoms. The maximum atomic E-state index is 12.3. The molecule has 7 nitrogen and oxygen atoms in total. The molecular weight excluding hydrogens is 358 g/mol. The van der Waals surface area contributed by atoms with Crippen LogP contribution in [0.2, 0.25) is 0 Å². The molecule has 1 heterocycles. The first kappa shape index (κ1) is 19.0. The van der Waals surface area contributed by atoms with Gasteiger partial charge in [0.2, 0.25) is 0 Å². The van der Waals surface area contributed by atoms with Crippen molar-refractivity contribution in [3.63, 3.8) is 0 Å². The topological polar surface area (TPSA) is 74.6 Å². The van der Waals surface area contributed by atoms with Crippen LogP contribution in [0.1, 0.15) is 5.56 Å². The largest absolute Gasteiger partial charge is 0.493 e. The highest BCUT2D eigenvalue weighted by Crippen LogP contribution is 2.30. The zero-order valence-electron chi connectivity index (χ0n) is 15.7. The number of hydrogen-bond acceptors (Lipinski definition) is 5. The lowest BCUT2D eigenvalue weighted by molar-refractivity contribution is -0.118. The summed E-state index contributed by atoms with van der Waals surface area (Å²) in [5, 5.41) is 2.78. The van der Waals surface area contributed by atoms with Gasteiger partial charge < -0.3 is 24.1 Å². The summed E-state index contributed by atoms with van der Waals surface area (Å²) < 4.78 is 17.9. The zero-order valence-corrected chi connectivity index (χ0v) is 15.7. The van der Waals surface area contributed by atoms with Gasteiger partial charge in [0.1, 0.15) is 5.75 Å². The molecule has 0 atom stereocenters. The average Bonchev–Trinajstić information content (AvgIpc) is 3.26. The lowest BCUT2D eigenvalue weighted by Gasteiger charge is -2.14. The maximum absolute atomic E-state index is 12.3. The molecule has 0 saturated heterocycles. The van der Waals surface area contributed by atoms with E-state index < -0.39 is 0 Å². The molecule has 3 aromatic rings. The summed E-state index contributed by atoms with van der Waals surface area (Å²) in [6.45, 7) is 3.92. The fourth-order valence-electron chi connectivity index (χ4n) is 2.64. The summed E-state index contributed by atoms with van der Waals surface area (Å²) in [5.74, 6) is 1.38. The summed E-state index contributed by atoms with van der Waals surface area (Å²) in [5.41, 5.74) is 2.06. The van der Waals surface area contributed by atoms with Crippen LogP contribution in [-0.2, 0) is 4.79 Å². The Morgan fingerprint density at radius 1 is 1.11 bits per heavy atom. The van der Waals surface area contributed by atoms with E-state index in [1.807, 2.05) is 18.2 Å². The number of aromatic nitrogens is 2. The summed E-state index contributed by atoms with van der Waals surface area (Å²) in [6.07, 6.45) is 5.12.